The third kappa shape index (κ3) is 2.49. The first kappa shape index (κ1) is 12.3. The zero-order valence-electron chi connectivity index (χ0n) is 11.1. The molecule has 0 spiro atoms. The Morgan fingerprint density at radius 3 is 2.90 bits per heavy atom. The first-order chi connectivity index (χ1) is 9.86. The molecule has 0 amide bonds. The molecule has 0 saturated carbocycles. The number of H-pyrrole nitrogens is 1. The van der Waals surface area contributed by atoms with E-state index in [1.54, 1.807) is 10.8 Å². The van der Waals surface area contributed by atoms with E-state index in [0.717, 1.165) is 23.3 Å². The quantitative estimate of drug-likeness (QED) is 0.430. The summed E-state index contributed by atoms with van der Waals surface area (Å²) in [6, 6.07) is 13.8. The summed E-state index contributed by atoms with van der Waals surface area (Å²) in [6.45, 7) is 2.08. The van der Waals surface area contributed by atoms with Crippen molar-refractivity contribution in [1.29, 1.82) is 0 Å². The normalized spacial score (nSPS) is 11.8. The zero-order valence-corrected chi connectivity index (χ0v) is 11.1. The molecule has 0 radical (unpaired) electrons. The Balaban J connectivity index is 1.84. The van der Waals surface area contributed by atoms with Gasteiger partial charge in [0.2, 0.25) is 6.33 Å². The number of benzene rings is 1. The van der Waals surface area contributed by atoms with E-state index in [1.165, 1.54) is 0 Å². The van der Waals surface area contributed by atoms with E-state index >= 15 is 0 Å². The molecule has 1 aromatic carbocycles. The summed E-state index contributed by atoms with van der Waals surface area (Å²) in [5.41, 5.74) is 5.85. The number of hydrogen-bond donors (Lipinski definition) is 2. The van der Waals surface area contributed by atoms with E-state index in [-0.39, 0.29) is 0 Å². The second-order valence-corrected chi connectivity index (χ2v) is 4.28. The molecule has 0 saturated heterocycles. The monoisotopic (exact) mass is 267 g/mol. The Kier molecular flexibility index (Phi) is 3.36. The molecule has 0 aliphatic rings. The van der Waals surface area contributed by atoms with Gasteiger partial charge in [-0.2, -0.15) is 5.10 Å². The van der Waals surface area contributed by atoms with Crippen molar-refractivity contribution in [2.75, 3.05) is 5.43 Å². The van der Waals surface area contributed by atoms with Gasteiger partial charge >= 0.3 is 5.65 Å². The maximum atomic E-state index is 4.43. The van der Waals surface area contributed by atoms with Gasteiger partial charge in [-0.25, -0.2) is 0 Å². The molecule has 0 bridgehead atoms. The van der Waals surface area contributed by atoms with Gasteiger partial charge in [-0.15, -0.1) is 9.61 Å². The molecule has 6 nitrogen and oxygen atoms in total. The molecule has 0 aliphatic carbocycles. The minimum atomic E-state index is 0.672. The van der Waals surface area contributed by atoms with Crippen LogP contribution in [0.4, 0.5) is 5.82 Å². The summed E-state index contributed by atoms with van der Waals surface area (Å²) in [7, 11) is 0. The largest absolute Gasteiger partial charge is 0.325 e. The fraction of sp³-hybridized carbons (Fsp3) is 0.143. The fourth-order valence-corrected chi connectivity index (χ4v) is 1.93. The van der Waals surface area contributed by atoms with Crippen LogP contribution in [0.15, 0.2) is 53.9 Å². The van der Waals surface area contributed by atoms with Crippen LogP contribution >= 0.6 is 0 Å². The molecule has 2 aromatic heterocycles. The molecule has 2 heterocycles. The number of rotatable bonds is 4. The standard InChI is InChI=1S/C14H14N6/c1-2-12(11-6-4-3-5-7-11)16-17-13-8-9-14-18-15-10-20(14)19-13/h3-10H,2H2,1H3,(H,17,19)/p+1/b16-12-. The topological polar surface area (TPSA) is 70.1 Å². The van der Waals surface area contributed by atoms with Gasteiger partial charge in [-0.05, 0) is 18.1 Å². The van der Waals surface area contributed by atoms with E-state index in [1.807, 2.05) is 42.5 Å². The molecule has 0 fully saturated rings. The highest BCUT2D eigenvalue weighted by Gasteiger charge is 2.05. The molecule has 0 atom stereocenters. The van der Waals surface area contributed by atoms with Gasteiger partial charge in [-0.3, -0.25) is 5.43 Å². The number of aromatic amines is 1. The van der Waals surface area contributed by atoms with Gasteiger partial charge < -0.3 is 0 Å². The van der Waals surface area contributed by atoms with Crippen molar-refractivity contribution in [2.45, 2.75) is 13.3 Å². The molecular weight excluding hydrogens is 252 g/mol. The SMILES string of the molecule is CC/C(=N/Nc1ccc2n[nH]c[n+]2n1)c1ccccc1. The highest BCUT2D eigenvalue weighted by molar-refractivity contribution is 6.00. The number of hydrogen-bond acceptors (Lipinski definition) is 4. The van der Waals surface area contributed by atoms with Crippen LogP contribution in [0.3, 0.4) is 0 Å². The van der Waals surface area contributed by atoms with Gasteiger partial charge in [0.15, 0.2) is 5.82 Å². The van der Waals surface area contributed by atoms with Crippen molar-refractivity contribution in [3.63, 3.8) is 0 Å². The van der Waals surface area contributed by atoms with Gasteiger partial charge in [0, 0.05) is 11.2 Å². The zero-order chi connectivity index (χ0) is 13.8. The lowest BCUT2D eigenvalue weighted by atomic mass is 10.1. The highest BCUT2D eigenvalue weighted by Crippen LogP contribution is 2.06. The molecule has 100 valence electrons. The van der Waals surface area contributed by atoms with E-state index in [0.29, 0.717) is 5.82 Å². The smallest absolute Gasteiger partial charge is 0.259 e. The molecule has 3 aromatic rings. The van der Waals surface area contributed by atoms with Crippen LogP contribution in [0.25, 0.3) is 5.65 Å². The van der Waals surface area contributed by atoms with Crippen LogP contribution in [-0.2, 0) is 0 Å². The van der Waals surface area contributed by atoms with Crippen molar-refractivity contribution in [2.24, 2.45) is 5.10 Å². The summed E-state index contributed by atoms with van der Waals surface area (Å²) < 4.78 is 1.66. The number of anilines is 1. The average Bonchev–Trinajstić information content (AvgIpc) is 2.96. The van der Waals surface area contributed by atoms with E-state index in [4.69, 9.17) is 0 Å². The van der Waals surface area contributed by atoms with Crippen molar-refractivity contribution in [3.8, 4) is 0 Å². The summed E-state index contributed by atoms with van der Waals surface area (Å²) in [4.78, 5) is 0. The second-order valence-electron chi connectivity index (χ2n) is 4.28. The summed E-state index contributed by atoms with van der Waals surface area (Å²) in [6.07, 6.45) is 2.53. The molecule has 6 heteroatoms. The van der Waals surface area contributed by atoms with Crippen LogP contribution in [0.5, 0.6) is 0 Å². The molecule has 2 N–H and O–H groups in total. The van der Waals surface area contributed by atoms with E-state index < -0.39 is 0 Å². The number of fused-ring (bicyclic) bond motifs is 1. The maximum absolute atomic E-state index is 4.43. The van der Waals surface area contributed by atoms with Crippen LogP contribution < -0.4 is 9.94 Å². The fourth-order valence-electron chi connectivity index (χ4n) is 1.93. The third-order valence-electron chi connectivity index (χ3n) is 2.95. The molecule has 20 heavy (non-hydrogen) atoms. The number of nitrogens with zero attached hydrogens (tertiary/aromatic N) is 4. The second kappa shape index (κ2) is 5.48. The Labute approximate surface area is 116 Å². The lowest BCUT2D eigenvalue weighted by molar-refractivity contribution is -0.579. The molecule has 0 aliphatic heterocycles. The van der Waals surface area contributed by atoms with Gasteiger partial charge in [0.25, 0.3) is 0 Å². The van der Waals surface area contributed by atoms with Crippen molar-refractivity contribution in [3.05, 3.63) is 54.4 Å². The first-order valence-electron chi connectivity index (χ1n) is 6.47. The highest BCUT2D eigenvalue weighted by atomic mass is 15.4. The maximum Gasteiger partial charge on any atom is 0.325 e. The van der Waals surface area contributed by atoms with E-state index in [9.17, 15) is 0 Å². The molecule has 3 rings (SSSR count). The van der Waals surface area contributed by atoms with Gasteiger partial charge in [0.1, 0.15) is 0 Å². The van der Waals surface area contributed by atoms with Gasteiger partial charge in [0.05, 0.1) is 5.71 Å². The lowest BCUT2D eigenvalue weighted by Gasteiger charge is -2.04. The Hall–Kier alpha value is -2.76. The number of hydrazone groups is 1. The summed E-state index contributed by atoms with van der Waals surface area (Å²) in [5, 5.41) is 15.6. The van der Waals surface area contributed by atoms with Crippen LogP contribution in [0.1, 0.15) is 18.9 Å². The van der Waals surface area contributed by atoms with Crippen LogP contribution in [0, 0.1) is 0 Å². The summed E-state index contributed by atoms with van der Waals surface area (Å²) >= 11 is 0. The Bertz CT molecular complexity index is 732. The third-order valence-corrected chi connectivity index (χ3v) is 2.95. The predicted octanol–water partition coefficient (Wildman–Crippen LogP) is 1.77. The minimum Gasteiger partial charge on any atom is -0.259 e. The molecular formula is C14H15N6+. The minimum absolute atomic E-state index is 0.672. The Morgan fingerprint density at radius 1 is 1.25 bits per heavy atom. The van der Waals surface area contributed by atoms with Crippen LogP contribution in [-0.4, -0.2) is 21.0 Å². The first-order valence-corrected chi connectivity index (χ1v) is 6.47. The van der Waals surface area contributed by atoms with Gasteiger partial charge in [-0.1, -0.05) is 42.4 Å². The summed E-state index contributed by atoms with van der Waals surface area (Å²) in [5.74, 6) is 0.672. The molecule has 0 unspecified atom stereocenters. The van der Waals surface area contributed by atoms with Crippen molar-refractivity contribution >= 4 is 17.2 Å². The lowest BCUT2D eigenvalue weighted by Crippen LogP contribution is -2.24. The number of nitrogens with one attached hydrogen (secondary N) is 2. The van der Waals surface area contributed by atoms with E-state index in [2.05, 4.69) is 32.7 Å². The Morgan fingerprint density at radius 2 is 2.10 bits per heavy atom. The van der Waals surface area contributed by atoms with Crippen molar-refractivity contribution < 1.29 is 4.52 Å². The van der Waals surface area contributed by atoms with Crippen molar-refractivity contribution in [1.82, 2.24) is 15.3 Å². The van der Waals surface area contributed by atoms with Crippen LogP contribution in [0.2, 0.25) is 0 Å². The average molecular weight is 267 g/mol. The number of aromatic nitrogens is 4. The predicted molar refractivity (Wildman–Crippen MR) is 76.4 cm³/mol.